The summed E-state index contributed by atoms with van der Waals surface area (Å²) in [7, 11) is 0. The number of rotatable bonds is 8. The number of hydrogen-bond donors (Lipinski definition) is 1. The van der Waals surface area contributed by atoms with Crippen LogP contribution in [0, 0.1) is 6.92 Å². The van der Waals surface area contributed by atoms with Crippen molar-refractivity contribution in [2.45, 2.75) is 20.3 Å². The summed E-state index contributed by atoms with van der Waals surface area (Å²) in [5.74, 6) is -0.416. The zero-order valence-corrected chi connectivity index (χ0v) is 17.3. The van der Waals surface area contributed by atoms with Gasteiger partial charge in [0.1, 0.15) is 6.54 Å². The van der Waals surface area contributed by atoms with E-state index < -0.39 is 0 Å². The molecule has 0 spiro atoms. The first kappa shape index (κ1) is 21.0. The number of anilines is 1. The molecule has 1 aromatic heterocycles. The standard InChI is InChI=1S/C24H26N4O2/c1-3-15-27(18-23(29)26-22-12-8-7-9-19(22)2)24(30)14-13-20-16-25-28(17-20)21-10-5-4-6-11-21/h4-14,16-17H,3,15,18H2,1-2H3,(H,26,29)/b14-13+. The summed E-state index contributed by atoms with van der Waals surface area (Å²) in [6.45, 7) is 4.43. The molecule has 1 heterocycles. The van der Waals surface area contributed by atoms with Crippen LogP contribution in [0.2, 0.25) is 0 Å². The molecule has 0 aliphatic heterocycles. The van der Waals surface area contributed by atoms with Gasteiger partial charge in [0, 0.05) is 30.1 Å². The molecule has 0 aliphatic rings. The number of nitrogens with one attached hydrogen (secondary N) is 1. The Hall–Kier alpha value is -3.67. The van der Waals surface area contributed by atoms with Crippen molar-refractivity contribution in [2.75, 3.05) is 18.4 Å². The largest absolute Gasteiger partial charge is 0.330 e. The highest BCUT2D eigenvalue weighted by Crippen LogP contribution is 2.13. The number of carbonyl (C=O) groups excluding carboxylic acids is 2. The summed E-state index contributed by atoms with van der Waals surface area (Å²) in [6.07, 6.45) is 7.53. The fourth-order valence-corrected chi connectivity index (χ4v) is 3.03. The number of amides is 2. The van der Waals surface area contributed by atoms with Gasteiger partial charge < -0.3 is 10.2 Å². The lowest BCUT2D eigenvalue weighted by Gasteiger charge is -2.20. The molecular formula is C24H26N4O2. The second kappa shape index (κ2) is 10.2. The number of nitrogens with zero attached hydrogens (tertiary/aromatic N) is 3. The van der Waals surface area contributed by atoms with E-state index in [9.17, 15) is 9.59 Å². The molecule has 3 aromatic rings. The lowest BCUT2D eigenvalue weighted by Crippen LogP contribution is -2.37. The predicted octanol–water partition coefficient (Wildman–Crippen LogP) is 4.07. The highest BCUT2D eigenvalue weighted by molar-refractivity contribution is 5.98. The van der Waals surface area contributed by atoms with Gasteiger partial charge in [0.15, 0.2) is 0 Å². The van der Waals surface area contributed by atoms with E-state index in [0.717, 1.165) is 28.9 Å². The lowest BCUT2D eigenvalue weighted by atomic mass is 10.2. The first-order valence-corrected chi connectivity index (χ1v) is 9.99. The number of aryl methyl sites for hydroxylation is 1. The number of para-hydroxylation sites is 2. The molecule has 0 saturated carbocycles. The first-order valence-electron chi connectivity index (χ1n) is 9.99. The molecule has 6 heteroatoms. The van der Waals surface area contributed by atoms with E-state index in [2.05, 4.69) is 10.4 Å². The average Bonchev–Trinajstić information content (AvgIpc) is 3.23. The second-order valence-corrected chi connectivity index (χ2v) is 7.01. The molecule has 0 saturated heterocycles. The Morgan fingerprint density at radius 3 is 2.57 bits per heavy atom. The van der Waals surface area contributed by atoms with Crippen molar-refractivity contribution >= 4 is 23.6 Å². The van der Waals surface area contributed by atoms with Gasteiger partial charge >= 0.3 is 0 Å². The Bertz CT molecular complexity index is 1020. The van der Waals surface area contributed by atoms with Gasteiger partial charge in [-0.05, 0) is 43.2 Å². The van der Waals surface area contributed by atoms with Crippen molar-refractivity contribution in [1.29, 1.82) is 0 Å². The first-order chi connectivity index (χ1) is 14.6. The monoisotopic (exact) mass is 402 g/mol. The number of hydrogen-bond acceptors (Lipinski definition) is 3. The number of benzene rings is 2. The molecule has 0 fully saturated rings. The van der Waals surface area contributed by atoms with Crippen LogP contribution in [0.4, 0.5) is 5.69 Å². The summed E-state index contributed by atoms with van der Waals surface area (Å²) < 4.78 is 1.75. The minimum Gasteiger partial charge on any atom is -0.330 e. The summed E-state index contributed by atoms with van der Waals surface area (Å²) in [6, 6.07) is 17.3. The van der Waals surface area contributed by atoms with Crippen LogP contribution in [0.1, 0.15) is 24.5 Å². The summed E-state index contributed by atoms with van der Waals surface area (Å²) in [5.41, 5.74) is 3.50. The Labute approximate surface area is 176 Å². The smallest absolute Gasteiger partial charge is 0.247 e. The van der Waals surface area contributed by atoms with Crippen molar-refractivity contribution in [1.82, 2.24) is 14.7 Å². The van der Waals surface area contributed by atoms with Crippen LogP contribution in [-0.4, -0.2) is 39.6 Å². The maximum Gasteiger partial charge on any atom is 0.247 e. The van der Waals surface area contributed by atoms with E-state index in [1.54, 1.807) is 21.9 Å². The van der Waals surface area contributed by atoms with Gasteiger partial charge in [-0.1, -0.05) is 43.3 Å². The SMILES string of the molecule is CCCN(CC(=O)Nc1ccccc1C)C(=O)/C=C/c1cnn(-c2ccccc2)c1. The second-order valence-electron chi connectivity index (χ2n) is 7.01. The lowest BCUT2D eigenvalue weighted by molar-refractivity contribution is -0.130. The van der Waals surface area contributed by atoms with Crippen molar-refractivity contribution in [3.8, 4) is 5.69 Å². The third-order valence-electron chi connectivity index (χ3n) is 4.60. The normalized spacial score (nSPS) is 10.9. The molecule has 0 atom stereocenters. The molecule has 30 heavy (non-hydrogen) atoms. The molecule has 154 valence electrons. The van der Waals surface area contributed by atoms with Gasteiger partial charge in [-0.25, -0.2) is 4.68 Å². The van der Waals surface area contributed by atoms with E-state index in [0.29, 0.717) is 6.54 Å². The molecule has 0 unspecified atom stereocenters. The zero-order chi connectivity index (χ0) is 21.3. The van der Waals surface area contributed by atoms with E-state index >= 15 is 0 Å². The van der Waals surface area contributed by atoms with Gasteiger partial charge in [0.25, 0.3) is 0 Å². The Kier molecular flexibility index (Phi) is 7.16. The average molecular weight is 402 g/mol. The Balaban J connectivity index is 1.63. The molecule has 3 rings (SSSR count). The zero-order valence-electron chi connectivity index (χ0n) is 17.3. The topological polar surface area (TPSA) is 67.2 Å². The van der Waals surface area contributed by atoms with Crippen molar-refractivity contribution in [3.63, 3.8) is 0 Å². The molecule has 2 amide bonds. The maximum atomic E-state index is 12.7. The van der Waals surface area contributed by atoms with Gasteiger partial charge in [-0.3, -0.25) is 9.59 Å². The summed E-state index contributed by atoms with van der Waals surface area (Å²) in [4.78, 5) is 26.7. The fourth-order valence-electron chi connectivity index (χ4n) is 3.03. The van der Waals surface area contributed by atoms with Crippen molar-refractivity contribution in [2.24, 2.45) is 0 Å². The molecule has 1 N–H and O–H groups in total. The van der Waals surface area contributed by atoms with Crippen molar-refractivity contribution < 1.29 is 9.59 Å². The van der Waals surface area contributed by atoms with Crippen LogP contribution >= 0.6 is 0 Å². The minimum atomic E-state index is -0.212. The van der Waals surface area contributed by atoms with E-state index in [-0.39, 0.29) is 18.4 Å². The van der Waals surface area contributed by atoms with Crippen LogP contribution in [0.3, 0.4) is 0 Å². The van der Waals surface area contributed by atoms with Crippen LogP contribution in [0.25, 0.3) is 11.8 Å². The van der Waals surface area contributed by atoms with E-state index in [1.807, 2.05) is 74.6 Å². The van der Waals surface area contributed by atoms with Gasteiger partial charge in [0.05, 0.1) is 11.9 Å². The van der Waals surface area contributed by atoms with E-state index in [4.69, 9.17) is 0 Å². The van der Waals surface area contributed by atoms with Gasteiger partial charge in [-0.2, -0.15) is 5.10 Å². The fraction of sp³-hybridized carbons (Fsp3) is 0.208. The highest BCUT2D eigenvalue weighted by Gasteiger charge is 2.15. The molecule has 0 bridgehead atoms. The Morgan fingerprint density at radius 2 is 1.83 bits per heavy atom. The van der Waals surface area contributed by atoms with Crippen LogP contribution < -0.4 is 5.32 Å². The maximum absolute atomic E-state index is 12.7. The highest BCUT2D eigenvalue weighted by atomic mass is 16.2. The third kappa shape index (κ3) is 5.67. The van der Waals surface area contributed by atoms with Gasteiger partial charge in [0.2, 0.25) is 11.8 Å². The molecule has 2 aromatic carbocycles. The summed E-state index contributed by atoms with van der Waals surface area (Å²) >= 11 is 0. The quantitative estimate of drug-likeness (QED) is 0.578. The Morgan fingerprint density at radius 1 is 1.10 bits per heavy atom. The van der Waals surface area contributed by atoms with Crippen LogP contribution in [0.15, 0.2) is 73.1 Å². The number of carbonyl (C=O) groups is 2. The molecule has 0 radical (unpaired) electrons. The molecular weight excluding hydrogens is 376 g/mol. The third-order valence-corrected chi connectivity index (χ3v) is 4.60. The predicted molar refractivity (Wildman–Crippen MR) is 119 cm³/mol. The van der Waals surface area contributed by atoms with Crippen molar-refractivity contribution in [3.05, 3.63) is 84.2 Å². The number of aromatic nitrogens is 2. The van der Waals surface area contributed by atoms with Crippen LogP contribution in [-0.2, 0) is 9.59 Å². The summed E-state index contributed by atoms with van der Waals surface area (Å²) in [5, 5.41) is 7.20. The molecule has 0 aliphatic carbocycles. The van der Waals surface area contributed by atoms with Gasteiger partial charge in [-0.15, -0.1) is 0 Å². The molecule has 6 nitrogen and oxygen atoms in total. The minimum absolute atomic E-state index is 0.00856. The van der Waals surface area contributed by atoms with Crippen LogP contribution in [0.5, 0.6) is 0 Å². The van der Waals surface area contributed by atoms with E-state index in [1.165, 1.54) is 6.08 Å².